The number of anilines is 1. The van der Waals surface area contributed by atoms with Crippen LogP contribution in [-0.4, -0.2) is 5.91 Å². The van der Waals surface area contributed by atoms with Gasteiger partial charge in [0.25, 0.3) is 0 Å². The number of carbonyl (C=O) groups is 1. The standard InChI is InChI=1S/C13H9BrN2O/c1-8(17)16-13-11-4-2-3-9(7-15)10(11)5-6-12(13)14/h2-6H,1H3,(H,16,17). The Bertz CT molecular complexity index is 644. The van der Waals surface area contributed by atoms with Crippen molar-refractivity contribution in [2.24, 2.45) is 0 Å². The van der Waals surface area contributed by atoms with Gasteiger partial charge >= 0.3 is 0 Å². The van der Waals surface area contributed by atoms with Crippen LogP contribution in [0, 0.1) is 11.3 Å². The molecule has 2 aromatic rings. The van der Waals surface area contributed by atoms with Gasteiger partial charge < -0.3 is 5.32 Å². The van der Waals surface area contributed by atoms with Crippen LogP contribution in [0.4, 0.5) is 5.69 Å². The largest absolute Gasteiger partial charge is 0.325 e. The van der Waals surface area contributed by atoms with E-state index in [4.69, 9.17) is 5.26 Å². The van der Waals surface area contributed by atoms with Crippen molar-refractivity contribution in [1.82, 2.24) is 0 Å². The van der Waals surface area contributed by atoms with E-state index in [0.29, 0.717) is 11.3 Å². The molecule has 1 amide bonds. The third-order valence-electron chi connectivity index (χ3n) is 2.43. The molecule has 0 radical (unpaired) electrons. The molecule has 0 aliphatic rings. The summed E-state index contributed by atoms with van der Waals surface area (Å²) in [5, 5.41) is 13.5. The van der Waals surface area contributed by atoms with E-state index < -0.39 is 0 Å². The van der Waals surface area contributed by atoms with E-state index >= 15 is 0 Å². The summed E-state index contributed by atoms with van der Waals surface area (Å²) in [6, 6.07) is 11.3. The molecule has 1 N–H and O–H groups in total. The van der Waals surface area contributed by atoms with Crippen LogP contribution in [0.15, 0.2) is 34.8 Å². The van der Waals surface area contributed by atoms with E-state index in [0.717, 1.165) is 15.2 Å². The van der Waals surface area contributed by atoms with Gasteiger partial charge in [-0.3, -0.25) is 4.79 Å². The van der Waals surface area contributed by atoms with Crippen molar-refractivity contribution >= 4 is 38.3 Å². The van der Waals surface area contributed by atoms with Crippen LogP contribution in [-0.2, 0) is 4.79 Å². The van der Waals surface area contributed by atoms with Gasteiger partial charge in [-0.15, -0.1) is 0 Å². The van der Waals surface area contributed by atoms with Crippen LogP contribution in [0.3, 0.4) is 0 Å². The number of halogens is 1. The zero-order chi connectivity index (χ0) is 12.4. The first-order chi connectivity index (χ1) is 8.13. The monoisotopic (exact) mass is 288 g/mol. The number of hydrogen-bond donors (Lipinski definition) is 1. The summed E-state index contributed by atoms with van der Waals surface area (Å²) in [7, 11) is 0. The second-order valence-corrected chi connectivity index (χ2v) is 4.47. The lowest BCUT2D eigenvalue weighted by atomic mass is 10.0. The van der Waals surface area contributed by atoms with Gasteiger partial charge in [-0.1, -0.05) is 18.2 Å². The fourth-order valence-corrected chi connectivity index (χ4v) is 2.18. The van der Waals surface area contributed by atoms with Gasteiger partial charge in [-0.2, -0.15) is 5.26 Å². The number of rotatable bonds is 1. The highest BCUT2D eigenvalue weighted by atomic mass is 79.9. The van der Waals surface area contributed by atoms with E-state index in [9.17, 15) is 4.79 Å². The molecule has 2 aromatic carbocycles. The molecule has 0 aliphatic carbocycles. The summed E-state index contributed by atoms with van der Waals surface area (Å²) in [6.07, 6.45) is 0. The lowest BCUT2D eigenvalue weighted by Crippen LogP contribution is -2.06. The predicted molar refractivity (Wildman–Crippen MR) is 70.7 cm³/mol. The molecule has 0 aliphatic heterocycles. The molecular weight excluding hydrogens is 280 g/mol. The molecule has 4 heteroatoms. The van der Waals surface area contributed by atoms with Crippen molar-refractivity contribution in [3.05, 3.63) is 40.4 Å². The lowest BCUT2D eigenvalue weighted by molar-refractivity contribution is -0.114. The van der Waals surface area contributed by atoms with E-state index in [1.165, 1.54) is 6.92 Å². The Morgan fingerprint density at radius 1 is 1.29 bits per heavy atom. The number of nitriles is 1. The molecule has 0 bridgehead atoms. The summed E-state index contributed by atoms with van der Waals surface area (Å²) in [5.41, 5.74) is 1.30. The van der Waals surface area contributed by atoms with E-state index in [-0.39, 0.29) is 5.91 Å². The summed E-state index contributed by atoms with van der Waals surface area (Å²) >= 11 is 3.39. The highest BCUT2D eigenvalue weighted by molar-refractivity contribution is 9.10. The van der Waals surface area contributed by atoms with Crippen molar-refractivity contribution in [3.63, 3.8) is 0 Å². The van der Waals surface area contributed by atoms with Crippen molar-refractivity contribution in [3.8, 4) is 6.07 Å². The SMILES string of the molecule is CC(=O)Nc1c(Br)ccc2c(C#N)cccc12. The molecule has 0 saturated heterocycles. The molecule has 0 spiro atoms. The van der Waals surface area contributed by atoms with Crippen molar-refractivity contribution in [2.45, 2.75) is 6.92 Å². The van der Waals surface area contributed by atoms with Crippen LogP contribution in [0.1, 0.15) is 12.5 Å². The zero-order valence-corrected chi connectivity index (χ0v) is 10.7. The first-order valence-electron chi connectivity index (χ1n) is 5.02. The van der Waals surface area contributed by atoms with Gasteiger partial charge in [0.05, 0.1) is 17.3 Å². The minimum absolute atomic E-state index is 0.138. The normalized spacial score (nSPS) is 9.94. The molecule has 0 atom stereocenters. The van der Waals surface area contributed by atoms with E-state index in [1.807, 2.05) is 18.2 Å². The number of carbonyl (C=O) groups excluding carboxylic acids is 1. The van der Waals surface area contributed by atoms with Gasteiger partial charge in [-0.25, -0.2) is 0 Å². The Kier molecular flexibility index (Phi) is 3.12. The average Bonchev–Trinajstić information content (AvgIpc) is 2.31. The summed E-state index contributed by atoms with van der Waals surface area (Å²) in [6.45, 7) is 1.46. The zero-order valence-electron chi connectivity index (χ0n) is 9.12. The molecule has 0 aromatic heterocycles. The maximum absolute atomic E-state index is 11.2. The fourth-order valence-electron chi connectivity index (χ4n) is 1.73. The number of fused-ring (bicyclic) bond motifs is 1. The lowest BCUT2D eigenvalue weighted by Gasteiger charge is -2.10. The van der Waals surface area contributed by atoms with Crippen LogP contribution in [0.5, 0.6) is 0 Å². The Balaban J connectivity index is 2.78. The van der Waals surface area contributed by atoms with E-state index in [2.05, 4.69) is 27.3 Å². The highest BCUT2D eigenvalue weighted by Gasteiger charge is 2.09. The number of amides is 1. The molecule has 3 nitrogen and oxygen atoms in total. The van der Waals surface area contributed by atoms with E-state index in [1.54, 1.807) is 12.1 Å². The number of benzene rings is 2. The third-order valence-corrected chi connectivity index (χ3v) is 3.09. The topological polar surface area (TPSA) is 52.9 Å². The first-order valence-corrected chi connectivity index (χ1v) is 5.81. The maximum Gasteiger partial charge on any atom is 0.221 e. The number of hydrogen-bond acceptors (Lipinski definition) is 2. The summed E-state index contributed by atoms with van der Waals surface area (Å²) in [5.74, 6) is -0.138. The van der Waals surface area contributed by atoms with Gasteiger partial charge in [0, 0.05) is 22.2 Å². The Hall–Kier alpha value is -1.86. The van der Waals surface area contributed by atoms with Gasteiger partial charge in [0.1, 0.15) is 0 Å². The predicted octanol–water partition coefficient (Wildman–Crippen LogP) is 3.43. The molecule has 0 saturated carbocycles. The summed E-state index contributed by atoms with van der Waals surface area (Å²) in [4.78, 5) is 11.2. The van der Waals surface area contributed by atoms with Gasteiger partial charge in [0.15, 0.2) is 0 Å². The van der Waals surface area contributed by atoms with Crippen molar-refractivity contribution < 1.29 is 4.79 Å². The van der Waals surface area contributed by atoms with Crippen LogP contribution in [0.2, 0.25) is 0 Å². The molecule has 84 valence electrons. The molecule has 0 fully saturated rings. The second kappa shape index (κ2) is 4.56. The Labute approximate surface area is 107 Å². The van der Waals surface area contributed by atoms with Crippen LogP contribution < -0.4 is 5.32 Å². The quantitative estimate of drug-likeness (QED) is 0.874. The number of nitrogens with one attached hydrogen (secondary N) is 1. The summed E-state index contributed by atoms with van der Waals surface area (Å²) < 4.78 is 0.801. The van der Waals surface area contributed by atoms with Crippen LogP contribution in [0.25, 0.3) is 10.8 Å². The molecule has 2 rings (SSSR count). The Morgan fingerprint density at radius 3 is 2.71 bits per heavy atom. The Morgan fingerprint density at radius 2 is 2.06 bits per heavy atom. The number of nitrogens with zero attached hydrogens (tertiary/aromatic N) is 1. The van der Waals surface area contributed by atoms with Crippen molar-refractivity contribution in [1.29, 1.82) is 5.26 Å². The molecular formula is C13H9BrN2O. The minimum Gasteiger partial charge on any atom is -0.325 e. The maximum atomic E-state index is 11.2. The van der Waals surface area contributed by atoms with Crippen molar-refractivity contribution in [2.75, 3.05) is 5.32 Å². The third kappa shape index (κ3) is 2.15. The molecule has 0 unspecified atom stereocenters. The van der Waals surface area contributed by atoms with Crippen LogP contribution >= 0.6 is 15.9 Å². The second-order valence-electron chi connectivity index (χ2n) is 3.62. The van der Waals surface area contributed by atoms with Gasteiger partial charge in [0.2, 0.25) is 5.91 Å². The van der Waals surface area contributed by atoms with Gasteiger partial charge in [-0.05, 0) is 28.1 Å². The first kappa shape index (κ1) is 11.6. The minimum atomic E-state index is -0.138. The highest BCUT2D eigenvalue weighted by Crippen LogP contribution is 2.32. The average molecular weight is 289 g/mol. The smallest absolute Gasteiger partial charge is 0.221 e. The molecule has 0 heterocycles. The fraction of sp³-hybridized carbons (Fsp3) is 0.0769. The molecule has 17 heavy (non-hydrogen) atoms.